The number of amides is 2. The van der Waals surface area contributed by atoms with Crippen LogP contribution in [0.4, 0.5) is 17.1 Å². The minimum atomic E-state index is -0.235. The molecule has 0 unspecified atom stereocenters. The number of morpholine rings is 1. The van der Waals surface area contributed by atoms with Crippen LogP contribution >= 0.6 is 0 Å². The Balaban J connectivity index is 1.53. The van der Waals surface area contributed by atoms with E-state index in [1.807, 2.05) is 0 Å². The summed E-state index contributed by atoms with van der Waals surface area (Å²) < 4.78 is 5.27. The number of rotatable bonds is 5. The lowest BCUT2D eigenvalue weighted by Gasteiger charge is -2.25. The van der Waals surface area contributed by atoms with E-state index < -0.39 is 0 Å². The van der Waals surface area contributed by atoms with Gasteiger partial charge < -0.3 is 21.1 Å². The summed E-state index contributed by atoms with van der Waals surface area (Å²) in [6.07, 6.45) is 0. The van der Waals surface area contributed by atoms with Gasteiger partial charge in [-0.25, -0.2) is 0 Å². The molecule has 0 aliphatic carbocycles. The third kappa shape index (κ3) is 5.05. The van der Waals surface area contributed by atoms with Crippen LogP contribution in [-0.4, -0.2) is 49.6 Å². The first-order valence-electron chi connectivity index (χ1n) is 8.47. The van der Waals surface area contributed by atoms with Gasteiger partial charge in [-0.2, -0.15) is 0 Å². The lowest BCUT2D eigenvalue weighted by molar-refractivity contribution is -0.118. The molecule has 0 saturated carbocycles. The van der Waals surface area contributed by atoms with Crippen LogP contribution in [-0.2, 0) is 9.53 Å². The van der Waals surface area contributed by atoms with Crippen molar-refractivity contribution >= 4 is 28.9 Å². The quantitative estimate of drug-likeness (QED) is 0.712. The molecule has 26 heavy (non-hydrogen) atoms. The van der Waals surface area contributed by atoms with Gasteiger partial charge in [0, 0.05) is 35.7 Å². The number of nitrogens with one attached hydrogen (secondary N) is 2. The Kier molecular flexibility index (Phi) is 5.83. The average molecular weight is 354 g/mol. The first-order valence-corrected chi connectivity index (χ1v) is 8.47. The Bertz CT molecular complexity index is 771. The summed E-state index contributed by atoms with van der Waals surface area (Å²) in [5, 5.41) is 5.66. The van der Waals surface area contributed by atoms with E-state index >= 15 is 0 Å². The van der Waals surface area contributed by atoms with Crippen LogP contribution < -0.4 is 16.4 Å². The molecule has 7 heteroatoms. The molecule has 2 aromatic carbocycles. The molecule has 0 bridgehead atoms. The molecule has 2 amide bonds. The fraction of sp³-hybridized carbons (Fsp3) is 0.263. The maximum absolute atomic E-state index is 12.2. The summed E-state index contributed by atoms with van der Waals surface area (Å²) in [7, 11) is 0. The molecule has 1 fully saturated rings. The number of hydrogen-bond acceptors (Lipinski definition) is 5. The third-order valence-corrected chi connectivity index (χ3v) is 4.05. The smallest absolute Gasteiger partial charge is 0.255 e. The van der Waals surface area contributed by atoms with Crippen LogP contribution in [0.15, 0.2) is 48.5 Å². The van der Waals surface area contributed by atoms with Gasteiger partial charge in [0.2, 0.25) is 5.91 Å². The lowest BCUT2D eigenvalue weighted by atomic mass is 10.2. The molecule has 0 spiro atoms. The topological polar surface area (TPSA) is 96.7 Å². The molecule has 7 nitrogen and oxygen atoms in total. The van der Waals surface area contributed by atoms with E-state index in [4.69, 9.17) is 10.5 Å². The first-order chi connectivity index (χ1) is 12.6. The van der Waals surface area contributed by atoms with Crippen molar-refractivity contribution in [3.63, 3.8) is 0 Å². The number of nitrogens with two attached hydrogens (primary N) is 1. The van der Waals surface area contributed by atoms with Gasteiger partial charge in [0.05, 0.1) is 19.8 Å². The fourth-order valence-corrected chi connectivity index (χ4v) is 2.68. The minimum Gasteiger partial charge on any atom is -0.399 e. The van der Waals surface area contributed by atoms with E-state index in [2.05, 4.69) is 15.5 Å². The van der Waals surface area contributed by atoms with Gasteiger partial charge in [0.1, 0.15) is 0 Å². The van der Waals surface area contributed by atoms with Crippen molar-refractivity contribution in [3.05, 3.63) is 54.1 Å². The Morgan fingerprint density at radius 2 is 1.65 bits per heavy atom. The number of hydrogen-bond donors (Lipinski definition) is 3. The van der Waals surface area contributed by atoms with Gasteiger partial charge in [-0.05, 0) is 42.5 Å². The van der Waals surface area contributed by atoms with Gasteiger partial charge in [-0.1, -0.05) is 6.07 Å². The molecule has 1 heterocycles. The number of carbonyl (C=O) groups is 2. The average Bonchev–Trinajstić information content (AvgIpc) is 2.64. The van der Waals surface area contributed by atoms with Gasteiger partial charge in [-0.3, -0.25) is 14.5 Å². The van der Waals surface area contributed by atoms with E-state index in [1.165, 1.54) is 0 Å². The highest BCUT2D eigenvalue weighted by Crippen LogP contribution is 2.15. The van der Waals surface area contributed by atoms with E-state index in [1.54, 1.807) is 48.5 Å². The van der Waals surface area contributed by atoms with Crippen molar-refractivity contribution in [3.8, 4) is 0 Å². The van der Waals surface area contributed by atoms with Gasteiger partial charge in [-0.15, -0.1) is 0 Å². The van der Waals surface area contributed by atoms with Gasteiger partial charge in [0.25, 0.3) is 5.91 Å². The largest absolute Gasteiger partial charge is 0.399 e. The van der Waals surface area contributed by atoms with Crippen molar-refractivity contribution in [2.24, 2.45) is 0 Å². The van der Waals surface area contributed by atoms with Crippen LogP contribution in [0.3, 0.4) is 0 Å². The predicted molar refractivity (Wildman–Crippen MR) is 101 cm³/mol. The van der Waals surface area contributed by atoms with Crippen molar-refractivity contribution in [1.29, 1.82) is 0 Å². The SMILES string of the molecule is Nc1cccc(C(=O)Nc2ccc(NC(=O)CN3CCOCC3)cc2)c1. The molecule has 0 atom stereocenters. The second-order valence-electron chi connectivity index (χ2n) is 6.09. The molecule has 2 aromatic rings. The van der Waals surface area contributed by atoms with Crippen LogP contribution in [0.2, 0.25) is 0 Å². The Morgan fingerprint density at radius 3 is 2.31 bits per heavy atom. The second-order valence-corrected chi connectivity index (χ2v) is 6.09. The maximum atomic E-state index is 12.2. The highest BCUT2D eigenvalue weighted by molar-refractivity contribution is 6.04. The summed E-state index contributed by atoms with van der Waals surface area (Å²) in [6, 6.07) is 13.8. The molecule has 1 aliphatic heterocycles. The number of nitrogens with zero attached hydrogens (tertiary/aromatic N) is 1. The highest BCUT2D eigenvalue weighted by atomic mass is 16.5. The molecule has 4 N–H and O–H groups in total. The Labute approximate surface area is 152 Å². The zero-order valence-corrected chi connectivity index (χ0v) is 14.4. The molecular formula is C19H22N4O3. The van der Waals surface area contributed by atoms with Crippen LogP contribution in [0.1, 0.15) is 10.4 Å². The van der Waals surface area contributed by atoms with Gasteiger partial charge in [0.15, 0.2) is 0 Å². The zero-order chi connectivity index (χ0) is 18.4. The number of benzene rings is 2. The van der Waals surface area contributed by atoms with E-state index in [9.17, 15) is 9.59 Å². The summed E-state index contributed by atoms with van der Waals surface area (Å²) in [5.41, 5.74) is 8.05. The van der Waals surface area contributed by atoms with E-state index in [0.717, 1.165) is 13.1 Å². The molecule has 1 saturated heterocycles. The number of nitrogen functional groups attached to an aromatic ring is 1. The normalized spacial score (nSPS) is 14.6. The highest BCUT2D eigenvalue weighted by Gasteiger charge is 2.14. The predicted octanol–water partition coefficient (Wildman–Crippen LogP) is 1.79. The maximum Gasteiger partial charge on any atom is 0.255 e. The summed E-state index contributed by atoms with van der Waals surface area (Å²) in [5.74, 6) is -0.301. The van der Waals surface area contributed by atoms with Crippen LogP contribution in [0.5, 0.6) is 0 Å². The monoisotopic (exact) mass is 354 g/mol. The van der Waals surface area contributed by atoms with Crippen molar-refractivity contribution in [2.45, 2.75) is 0 Å². The summed E-state index contributed by atoms with van der Waals surface area (Å²) in [4.78, 5) is 26.3. The second kappa shape index (κ2) is 8.46. The third-order valence-electron chi connectivity index (χ3n) is 4.05. The summed E-state index contributed by atoms with van der Waals surface area (Å²) >= 11 is 0. The van der Waals surface area contributed by atoms with E-state index in [0.29, 0.717) is 42.4 Å². The van der Waals surface area contributed by atoms with Crippen molar-refractivity contribution in [1.82, 2.24) is 4.90 Å². The first kappa shape index (κ1) is 17.9. The molecular weight excluding hydrogens is 332 g/mol. The Morgan fingerprint density at radius 1 is 1.00 bits per heavy atom. The standard InChI is InChI=1S/C19H22N4O3/c20-15-3-1-2-14(12-15)19(25)22-17-6-4-16(5-7-17)21-18(24)13-23-8-10-26-11-9-23/h1-7,12H,8-11,13,20H2,(H,21,24)(H,22,25). The van der Waals surface area contributed by atoms with Crippen molar-refractivity contribution < 1.29 is 14.3 Å². The lowest BCUT2D eigenvalue weighted by Crippen LogP contribution is -2.41. The number of ether oxygens (including phenoxy) is 1. The Hall–Kier alpha value is -2.90. The minimum absolute atomic E-state index is 0.0663. The molecule has 0 radical (unpaired) electrons. The number of carbonyl (C=O) groups excluding carboxylic acids is 2. The zero-order valence-electron chi connectivity index (χ0n) is 14.4. The van der Waals surface area contributed by atoms with Crippen LogP contribution in [0, 0.1) is 0 Å². The molecule has 1 aliphatic rings. The van der Waals surface area contributed by atoms with Crippen LogP contribution in [0.25, 0.3) is 0 Å². The number of anilines is 3. The molecule has 3 rings (SSSR count). The molecule has 0 aromatic heterocycles. The van der Waals surface area contributed by atoms with Crippen molar-refractivity contribution in [2.75, 3.05) is 49.2 Å². The fourth-order valence-electron chi connectivity index (χ4n) is 2.68. The van der Waals surface area contributed by atoms with E-state index in [-0.39, 0.29) is 11.8 Å². The molecule has 136 valence electrons. The van der Waals surface area contributed by atoms with Gasteiger partial charge >= 0.3 is 0 Å². The summed E-state index contributed by atoms with van der Waals surface area (Å²) in [6.45, 7) is 3.20.